The van der Waals surface area contributed by atoms with Crippen LogP contribution in [0.25, 0.3) is 0 Å². The van der Waals surface area contributed by atoms with Crippen molar-refractivity contribution in [1.29, 1.82) is 0 Å². The summed E-state index contributed by atoms with van der Waals surface area (Å²) in [7, 11) is 8.40. The molecule has 4 heteroatoms. The van der Waals surface area contributed by atoms with Crippen molar-refractivity contribution in [3.8, 4) is 0 Å². The van der Waals surface area contributed by atoms with Gasteiger partial charge in [0.25, 0.3) is 0 Å². The maximum Gasteiger partial charge on any atom is 0.00966 e. The van der Waals surface area contributed by atoms with Gasteiger partial charge < -0.3 is 20.9 Å². The molecule has 0 heterocycles. The zero-order valence-electron chi connectivity index (χ0n) is 14.1. The summed E-state index contributed by atoms with van der Waals surface area (Å²) in [5.41, 5.74) is 0.200. The molecule has 116 valence electrons. The lowest BCUT2D eigenvalue weighted by Crippen LogP contribution is -2.43. The van der Waals surface area contributed by atoms with Crippen molar-refractivity contribution in [1.82, 2.24) is 20.9 Å². The van der Waals surface area contributed by atoms with E-state index < -0.39 is 0 Å². The van der Waals surface area contributed by atoms with Gasteiger partial charge in [-0.05, 0) is 86.9 Å². The van der Waals surface area contributed by atoms with Gasteiger partial charge in [-0.1, -0.05) is 0 Å². The molecule has 0 aromatic rings. The van der Waals surface area contributed by atoms with Crippen LogP contribution in [0.4, 0.5) is 0 Å². The van der Waals surface area contributed by atoms with E-state index in [4.69, 9.17) is 0 Å². The standard InChI is InChI=1S/C15H36N4/c1-15(2,3)18-11-14(12-19(6)7)8-13(9-16-4)10-17-5/h13-14,16-18H,8-12H2,1-7H3. The van der Waals surface area contributed by atoms with Gasteiger partial charge in [-0.25, -0.2) is 0 Å². The van der Waals surface area contributed by atoms with Gasteiger partial charge in [0.15, 0.2) is 0 Å². The smallest absolute Gasteiger partial charge is 0.00966 e. The minimum Gasteiger partial charge on any atom is -0.319 e. The third kappa shape index (κ3) is 11.4. The molecular formula is C15H36N4. The first-order chi connectivity index (χ1) is 8.78. The van der Waals surface area contributed by atoms with Crippen LogP contribution in [-0.2, 0) is 0 Å². The second kappa shape index (κ2) is 9.70. The lowest BCUT2D eigenvalue weighted by atomic mass is 9.92. The molecular weight excluding hydrogens is 236 g/mol. The zero-order valence-corrected chi connectivity index (χ0v) is 14.1. The highest BCUT2D eigenvalue weighted by molar-refractivity contribution is 4.77. The van der Waals surface area contributed by atoms with E-state index in [0.29, 0.717) is 11.8 Å². The Morgan fingerprint density at radius 3 is 1.79 bits per heavy atom. The fourth-order valence-electron chi connectivity index (χ4n) is 2.48. The van der Waals surface area contributed by atoms with Crippen molar-refractivity contribution < 1.29 is 0 Å². The number of rotatable bonds is 10. The fraction of sp³-hybridized carbons (Fsp3) is 1.00. The van der Waals surface area contributed by atoms with Gasteiger partial charge in [-0.2, -0.15) is 0 Å². The van der Waals surface area contributed by atoms with Crippen LogP contribution >= 0.6 is 0 Å². The van der Waals surface area contributed by atoms with Crippen molar-refractivity contribution in [2.24, 2.45) is 11.8 Å². The van der Waals surface area contributed by atoms with E-state index >= 15 is 0 Å². The van der Waals surface area contributed by atoms with E-state index in [1.807, 2.05) is 14.1 Å². The molecule has 0 spiro atoms. The van der Waals surface area contributed by atoms with E-state index in [9.17, 15) is 0 Å². The predicted molar refractivity (Wildman–Crippen MR) is 85.8 cm³/mol. The summed E-state index contributed by atoms with van der Waals surface area (Å²) in [6.07, 6.45) is 1.25. The second-order valence-electron chi connectivity index (χ2n) is 6.98. The van der Waals surface area contributed by atoms with Gasteiger partial charge in [0, 0.05) is 12.1 Å². The lowest BCUT2D eigenvalue weighted by Gasteiger charge is -2.29. The highest BCUT2D eigenvalue weighted by Crippen LogP contribution is 2.13. The summed E-state index contributed by atoms with van der Waals surface area (Å²) in [4.78, 5) is 2.30. The summed E-state index contributed by atoms with van der Waals surface area (Å²) >= 11 is 0. The van der Waals surface area contributed by atoms with Gasteiger partial charge in [0.05, 0.1) is 0 Å². The Bertz CT molecular complexity index is 205. The summed E-state index contributed by atoms with van der Waals surface area (Å²) < 4.78 is 0. The van der Waals surface area contributed by atoms with Gasteiger partial charge >= 0.3 is 0 Å². The summed E-state index contributed by atoms with van der Waals surface area (Å²) in [5, 5.41) is 10.3. The van der Waals surface area contributed by atoms with Gasteiger partial charge in [-0.3, -0.25) is 0 Å². The van der Waals surface area contributed by atoms with E-state index in [-0.39, 0.29) is 5.54 Å². The zero-order chi connectivity index (χ0) is 14.9. The van der Waals surface area contributed by atoms with Crippen LogP contribution < -0.4 is 16.0 Å². The molecule has 0 saturated carbocycles. The first-order valence-corrected chi connectivity index (χ1v) is 7.47. The SMILES string of the molecule is CNCC(CNC)CC(CNC(C)(C)C)CN(C)C. The molecule has 19 heavy (non-hydrogen) atoms. The Hall–Kier alpha value is -0.160. The van der Waals surface area contributed by atoms with Crippen LogP contribution in [-0.4, -0.2) is 64.8 Å². The normalized spacial score (nSPS) is 14.4. The van der Waals surface area contributed by atoms with Crippen LogP contribution in [0.15, 0.2) is 0 Å². The van der Waals surface area contributed by atoms with Gasteiger partial charge in [0.2, 0.25) is 0 Å². The Kier molecular flexibility index (Phi) is 9.62. The molecule has 0 saturated heterocycles. The monoisotopic (exact) mass is 272 g/mol. The molecule has 0 aliphatic heterocycles. The Balaban J connectivity index is 4.37. The molecule has 0 aromatic carbocycles. The number of hydrogen-bond acceptors (Lipinski definition) is 4. The van der Waals surface area contributed by atoms with Crippen LogP contribution in [0.3, 0.4) is 0 Å². The minimum absolute atomic E-state index is 0.200. The quantitative estimate of drug-likeness (QED) is 0.555. The molecule has 0 aromatic heterocycles. The summed E-state index contributed by atoms with van der Waals surface area (Å²) in [5.74, 6) is 1.39. The first-order valence-electron chi connectivity index (χ1n) is 7.47. The second-order valence-corrected chi connectivity index (χ2v) is 6.98. The van der Waals surface area contributed by atoms with Crippen molar-refractivity contribution in [2.45, 2.75) is 32.7 Å². The predicted octanol–water partition coefficient (Wildman–Crippen LogP) is 0.997. The molecule has 0 aliphatic rings. The molecule has 4 nitrogen and oxygen atoms in total. The van der Waals surface area contributed by atoms with Gasteiger partial charge in [-0.15, -0.1) is 0 Å². The molecule has 0 bridgehead atoms. The molecule has 1 unspecified atom stereocenters. The van der Waals surface area contributed by atoms with E-state index in [1.54, 1.807) is 0 Å². The molecule has 0 aliphatic carbocycles. The third-order valence-corrected chi connectivity index (χ3v) is 3.20. The number of nitrogens with one attached hydrogen (secondary N) is 3. The van der Waals surface area contributed by atoms with Crippen LogP contribution in [0.1, 0.15) is 27.2 Å². The Morgan fingerprint density at radius 1 is 0.895 bits per heavy atom. The number of nitrogens with zero attached hydrogens (tertiary/aromatic N) is 1. The van der Waals surface area contributed by atoms with Crippen molar-refractivity contribution in [2.75, 3.05) is 54.4 Å². The molecule has 0 rings (SSSR count). The third-order valence-electron chi connectivity index (χ3n) is 3.20. The van der Waals surface area contributed by atoms with Crippen molar-refractivity contribution >= 4 is 0 Å². The lowest BCUT2D eigenvalue weighted by molar-refractivity contribution is 0.249. The molecule has 0 fully saturated rings. The first kappa shape index (κ1) is 18.8. The maximum atomic E-state index is 3.65. The van der Waals surface area contributed by atoms with Crippen molar-refractivity contribution in [3.63, 3.8) is 0 Å². The molecule has 1 atom stereocenters. The fourth-order valence-corrected chi connectivity index (χ4v) is 2.48. The van der Waals surface area contributed by atoms with E-state index in [1.165, 1.54) is 6.42 Å². The average molecular weight is 272 g/mol. The largest absolute Gasteiger partial charge is 0.319 e. The van der Waals surface area contributed by atoms with Crippen LogP contribution in [0.5, 0.6) is 0 Å². The van der Waals surface area contributed by atoms with E-state index in [2.05, 4.69) is 55.7 Å². The topological polar surface area (TPSA) is 39.3 Å². The Labute approximate surface area is 120 Å². The number of hydrogen-bond donors (Lipinski definition) is 3. The maximum absolute atomic E-state index is 3.65. The highest BCUT2D eigenvalue weighted by Gasteiger charge is 2.19. The minimum atomic E-state index is 0.200. The molecule has 3 N–H and O–H groups in total. The molecule has 0 amide bonds. The van der Waals surface area contributed by atoms with Crippen LogP contribution in [0.2, 0.25) is 0 Å². The molecule has 0 radical (unpaired) electrons. The Morgan fingerprint density at radius 2 is 1.42 bits per heavy atom. The van der Waals surface area contributed by atoms with Crippen LogP contribution in [0, 0.1) is 11.8 Å². The summed E-state index contributed by atoms with van der Waals surface area (Å²) in [6.45, 7) is 11.1. The van der Waals surface area contributed by atoms with Gasteiger partial charge in [0.1, 0.15) is 0 Å². The van der Waals surface area contributed by atoms with E-state index in [0.717, 1.165) is 26.2 Å². The highest BCUT2D eigenvalue weighted by atomic mass is 15.1. The summed E-state index contributed by atoms with van der Waals surface area (Å²) in [6, 6.07) is 0. The van der Waals surface area contributed by atoms with Crippen molar-refractivity contribution in [3.05, 3.63) is 0 Å². The average Bonchev–Trinajstić information content (AvgIpc) is 2.25.